The average molecular weight is 427 g/mol. The number of aliphatic hydroxyl groups is 1. The number of Topliss-reactive ketones (excluding diaryl/α,β-unsaturated/α-hetero) is 1. The van der Waals surface area contributed by atoms with E-state index in [-0.39, 0.29) is 31.1 Å². The summed E-state index contributed by atoms with van der Waals surface area (Å²) in [6.45, 7) is 2.42. The topological polar surface area (TPSA) is 97.6 Å². The molecule has 1 amide bonds. The van der Waals surface area contributed by atoms with Crippen LogP contribution in [0.25, 0.3) is 0 Å². The zero-order valence-corrected chi connectivity index (χ0v) is 18.1. The standard InChI is InChI=1S/C24H30N2O5/c1-3-5-17-11-18(17)13-22(28)19-12-21(23(29)25-2)24(30)26(15-19)14-16-6-4-7-20(10-16)31-9-8-27/h4,6-7,10,12,15,17-18,27H,3,5,8-9,11,13-14H2,1-2H3,(H,25,29)/t17-,18+/m0/s1. The van der Waals surface area contributed by atoms with Crippen molar-refractivity contribution >= 4 is 11.7 Å². The minimum Gasteiger partial charge on any atom is -0.491 e. The van der Waals surface area contributed by atoms with Crippen molar-refractivity contribution in [3.8, 4) is 5.75 Å². The van der Waals surface area contributed by atoms with E-state index in [1.807, 2.05) is 6.07 Å². The van der Waals surface area contributed by atoms with Gasteiger partial charge in [-0.15, -0.1) is 0 Å². The Morgan fingerprint density at radius 1 is 1.26 bits per heavy atom. The van der Waals surface area contributed by atoms with Crippen LogP contribution in [0.4, 0.5) is 0 Å². The van der Waals surface area contributed by atoms with Crippen LogP contribution in [-0.2, 0) is 6.54 Å². The molecule has 0 saturated heterocycles. The third kappa shape index (κ3) is 5.82. The molecule has 31 heavy (non-hydrogen) atoms. The third-order valence-electron chi connectivity index (χ3n) is 5.67. The summed E-state index contributed by atoms with van der Waals surface area (Å²) in [5.74, 6) is 1.04. The lowest BCUT2D eigenvalue weighted by Gasteiger charge is -2.12. The highest BCUT2D eigenvalue weighted by Crippen LogP contribution is 2.44. The number of carbonyl (C=O) groups is 2. The van der Waals surface area contributed by atoms with Gasteiger partial charge in [-0.3, -0.25) is 14.4 Å². The van der Waals surface area contributed by atoms with Crippen LogP contribution in [0.5, 0.6) is 5.75 Å². The van der Waals surface area contributed by atoms with E-state index in [2.05, 4.69) is 12.2 Å². The number of aliphatic hydroxyl groups excluding tert-OH is 1. The van der Waals surface area contributed by atoms with Crippen LogP contribution >= 0.6 is 0 Å². The first-order valence-corrected chi connectivity index (χ1v) is 10.8. The molecule has 0 spiro atoms. The van der Waals surface area contributed by atoms with E-state index in [0.717, 1.165) is 24.8 Å². The molecule has 0 bridgehead atoms. The molecule has 1 aliphatic carbocycles. The summed E-state index contributed by atoms with van der Waals surface area (Å²) in [6.07, 6.45) is 5.32. The molecular weight excluding hydrogens is 396 g/mol. The Morgan fingerprint density at radius 2 is 2.06 bits per heavy atom. The van der Waals surface area contributed by atoms with E-state index in [4.69, 9.17) is 9.84 Å². The Bertz CT molecular complexity index is 998. The highest BCUT2D eigenvalue weighted by molar-refractivity contribution is 6.00. The van der Waals surface area contributed by atoms with Crippen LogP contribution in [0.1, 0.15) is 58.9 Å². The molecule has 0 aliphatic heterocycles. The minimum absolute atomic E-state index is 0.0393. The molecule has 166 valence electrons. The number of nitrogens with zero attached hydrogens (tertiary/aromatic N) is 1. The number of hydrogen-bond acceptors (Lipinski definition) is 5. The molecule has 2 N–H and O–H groups in total. The Kier molecular flexibility index (Phi) is 7.63. The van der Waals surface area contributed by atoms with Crippen molar-refractivity contribution in [1.29, 1.82) is 0 Å². The number of nitrogens with one attached hydrogen (secondary N) is 1. The number of aromatic nitrogens is 1. The molecule has 1 heterocycles. The van der Waals surface area contributed by atoms with Gasteiger partial charge in [0.1, 0.15) is 17.9 Å². The monoisotopic (exact) mass is 426 g/mol. The summed E-state index contributed by atoms with van der Waals surface area (Å²) < 4.78 is 6.83. The third-order valence-corrected chi connectivity index (χ3v) is 5.67. The molecule has 7 heteroatoms. The van der Waals surface area contributed by atoms with E-state index < -0.39 is 11.5 Å². The van der Waals surface area contributed by atoms with E-state index in [0.29, 0.717) is 29.6 Å². The van der Waals surface area contributed by atoms with Crippen molar-refractivity contribution < 1.29 is 19.4 Å². The van der Waals surface area contributed by atoms with Gasteiger partial charge in [0.25, 0.3) is 11.5 Å². The van der Waals surface area contributed by atoms with E-state index in [9.17, 15) is 14.4 Å². The van der Waals surface area contributed by atoms with Crippen molar-refractivity contribution in [1.82, 2.24) is 9.88 Å². The van der Waals surface area contributed by atoms with Gasteiger partial charge in [-0.2, -0.15) is 0 Å². The zero-order chi connectivity index (χ0) is 22.4. The Balaban J connectivity index is 1.87. The van der Waals surface area contributed by atoms with Crippen LogP contribution in [0.2, 0.25) is 0 Å². The lowest BCUT2D eigenvalue weighted by molar-refractivity contribution is 0.0961. The summed E-state index contributed by atoms with van der Waals surface area (Å²) in [5, 5.41) is 11.4. The maximum absolute atomic E-state index is 12.9. The Hall–Kier alpha value is -2.93. The second kappa shape index (κ2) is 10.4. The first-order chi connectivity index (χ1) is 15.0. The highest BCUT2D eigenvalue weighted by Gasteiger charge is 2.37. The van der Waals surface area contributed by atoms with Crippen molar-refractivity contribution in [2.24, 2.45) is 11.8 Å². The summed E-state index contributed by atoms with van der Waals surface area (Å²) >= 11 is 0. The SMILES string of the molecule is CCC[C@H]1C[C@@H]1CC(=O)c1cc(C(=O)NC)c(=O)n(Cc2cccc(OCCO)c2)c1. The predicted octanol–water partition coefficient (Wildman–Crippen LogP) is 2.64. The fourth-order valence-electron chi connectivity index (χ4n) is 3.94. The number of carbonyl (C=O) groups excluding carboxylic acids is 2. The smallest absolute Gasteiger partial charge is 0.263 e. The molecule has 1 aromatic heterocycles. The van der Waals surface area contributed by atoms with Gasteiger partial charge >= 0.3 is 0 Å². The molecule has 1 saturated carbocycles. The quantitative estimate of drug-likeness (QED) is 0.539. The zero-order valence-electron chi connectivity index (χ0n) is 18.1. The highest BCUT2D eigenvalue weighted by atomic mass is 16.5. The van der Waals surface area contributed by atoms with Gasteiger partial charge < -0.3 is 19.7 Å². The number of hydrogen-bond donors (Lipinski definition) is 2. The van der Waals surface area contributed by atoms with Gasteiger partial charge in [0.15, 0.2) is 5.78 Å². The lowest BCUT2D eigenvalue weighted by atomic mass is 10.0. The number of ketones is 1. The molecular formula is C24H30N2O5. The second-order valence-electron chi connectivity index (χ2n) is 8.05. The maximum Gasteiger partial charge on any atom is 0.263 e. The number of pyridine rings is 1. The maximum atomic E-state index is 12.9. The van der Waals surface area contributed by atoms with Crippen molar-refractivity contribution in [3.05, 3.63) is 63.6 Å². The van der Waals surface area contributed by atoms with Crippen LogP contribution in [-0.4, -0.2) is 41.6 Å². The number of ether oxygens (including phenoxy) is 1. The van der Waals surface area contributed by atoms with E-state index >= 15 is 0 Å². The Labute approximate surface area is 182 Å². The van der Waals surface area contributed by atoms with E-state index in [1.165, 1.54) is 17.7 Å². The van der Waals surface area contributed by atoms with Gasteiger partial charge in [-0.1, -0.05) is 31.9 Å². The van der Waals surface area contributed by atoms with Gasteiger partial charge in [-0.25, -0.2) is 0 Å². The molecule has 2 atom stereocenters. The first-order valence-electron chi connectivity index (χ1n) is 10.8. The van der Waals surface area contributed by atoms with Gasteiger partial charge in [0.2, 0.25) is 0 Å². The molecule has 0 radical (unpaired) electrons. The largest absolute Gasteiger partial charge is 0.491 e. The first kappa shape index (κ1) is 22.7. The number of amides is 1. The van der Waals surface area contributed by atoms with Crippen LogP contribution in [0.3, 0.4) is 0 Å². The summed E-state index contributed by atoms with van der Waals surface area (Å²) in [4.78, 5) is 38.1. The van der Waals surface area contributed by atoms with Crippen LogP contribution in [0, 0.1) is 11.8 Å². The summed E-state index contributed by atoms with van der Waals surface area (Å²) in [6, 6.07) is 8.59. The second-order valence-corrected chi connectivity index (χ2v) is 8.05. The average Bonchev–Trinajstić information content (AvgIpc) is 3.50. The predicted molar refractivity (Wildman–Crippen MR) is 118 cm³/mol. The van der Waals surface area contributed by atoms with Gasteiger partial charge in [0, 0.05) is 25.2 Å². The molecule has 0 unspecified atom stereocenters. The fourth-order valence-corrected chi connectivity index (χ4v) is 3.94. The molecule has 1 aliphatic rings. The number of rotatable bonds is 11. The van der Waals surface area contributed by atoms with Crippen molar-refractivity contribution in [2.45, 2.75) is 39.2 Å². The summed E-state index contributed by atoms with van der Waals surface area (Å²) in [7, 11) is 1.46. The van der Waals surface area contributed by atoms with E-state index in [1.54, 1.807) is 24.4 Å². The van der Waals surface area contributed by atoms with Gasteiger partial charge in [0.05, 0.1) is 13.2 Å². The number of benzene rings is 1. The summed E-state index contributed by atoms with van der Waals surface area (Å²) in [5.41, 5.74) is 0.679. The lowest BCUT2D eigenvalue weighted by Crippen LogP contribution is -2.32. The van der Waals surface area contributed by atoms with Crippen LogP contribution in [0.15, 0.2) is 41.3 Å². The van der Waals surface area contributed by atoms with Crippen molar-refractivity contribution in [2.75, 3.05) is 20.3 Å². The van der Waals surface area contributed by atoms with Crippen LogP contribution < -0.4 is 15.6 Å². The molecule has 7 nitrogen and oxygen atoms in total. The van der Waals surface area contributed by atoms with Crippen molar-refractivity contribution in [3.63, 3.8) is 0 Å². The molecule has 1 aromatic carbocycles. The minimum atomic E-state index is -0.510. The van der Waals surface area contributed by atoms with Gasteiger partial charge in [-0.05, 0) is 42.0 Å². The molecule has 1 fully saturated rings. The molecule has 2 aromatic rings. The molecule has 3 rings (SSSR count). The normalized spacial score (nSPS) is 17.3. The fraction of sp³-hybridized carbons (Fsp3) is 0.458. The Morgan fingerprint density at radius 3 is 2.77 bits per heavy atom.